The van der Waals surface area contributed by atoms with Crippen LogP contribution in [0.1, 0.15) is 27.9 Å². The third kappa shape index (κ3) is 4.53. The molecule has 1 aromatic heterocycles. The van der Waals surface area contributed by atoms with Gasteiger partial charge in [0.25, 0.3) is 15.9 Å². The second-order valence-electron chi connectivity index (χ2n) is 5.86. The fourth-order valence-corrected chi connectivity index (χ4v) is 4.55. The average molecular weight is 402 g/mol. The van der Waals surface area contributed by atoms with Gasteiger partial charge in [0.05, 0.1) is 10.6 Å². The molecule has 0 spiro atoms. The summed E-state index contributed by atoms with van der Waals surface area (Å²) in [6.45, 7) is 3.73. The van der Waals surface area contributed by atoms with E-state index < -0.39 is 10.0 Å². The summed E-state index contributed by atoms with van der Waals surface area (Å²) in [5.74, 6) is -0.320. The molecule has 2 N–H and O–H groups in total. The van der Waals surface area contributed by atoms with Crippen molar-refractivity contribution in [1.82, 2.24) is 4.98 Å². The van der Waals surface area contributed by atoms with Crippen molar-refractivity contribution >= 4 is 38.1 Å². The minimum atomic E-state index is -3.74. The maximum Gasteiger partial charge on any atom is 0.267 e. The Hall–Kier alpha value is -2.71. The van der Waals surface area contributed by atoms with Crippen molar-refractivity contribution < 1.29 is 13.2 Å². The van der Waals surface area contributed by atoms with Crippen molar-refractivity contribution in [3.63, 3.8) is 0 Å². The molecule has 0 saturated heterocycles. The quantitative estimate of drug-likeness (QED) is 0.652. The monoisotopic (exact) mass is 401 g/mol. The summed E-state index contributed by atoms with van der Waals surface area (Å²) in [5, 5.41) is 2.97. The zero-order chi connectivity index (χ0) is 19.4. The van der Waals surface area contributed by atoms with E-state index in [0.717, 1.165) is 17.8 Å². The molecule has 6 nitrogen and oxygen atoms in total. The molecule has 0 aliphatic carbocycles. The Morgan fingerprint density at radius 1 is 1.07 bits per heavy atom. The highest BCUT2D eigenvalue weighted by molar-refractivity contribution is 7.93. The third-order valence-electron chi connectivity index (χ3n) is 3.90. The van der Waals surface area contributed by atoms with Crippen LogP contribution in [0.3, 0.4) is 0 Å². The van der Waals surface area contributed by atoms with Gasteiger partial charge in [-0.3, -0.25) is 9.52 Å². The first-order valence-electron chi connectivity index (χ1n) is 8.34. The van der Waals surface area contributed by atoms with Crippen molar-refractivity contribution in [3.05, 3.63) is 70.7 Å². The van der Waals surface area contributed by atoms with Crippen LogP contribution in [0, 0.1) is 6.92 Å². The summed E-state index contributed by atoms with van der Waals surface area (Å²) in [5.41, 5.74) is 2.32. The van der Waals surface area contributed by atoms with Gasteiger partial charge in [0.1, 0.15) is 4.88 Å². The van der Waals surface area contributed by atoms with Gasteiger partial charge in [0, 0.05) is 5.69 Å². The Morgan fingerprint density at radius 2 is 1.74 bits per heavy atom. The standard InChI is InChI=1S/C19H19N3O3S2/c1-3-14-9-11-15(12-10-14)21-18(23)17-13(2)20-19(26-17)22-27(24,25)16-7-5-4-6-8-16/h4-12H,3H2,1-2H3,(H,20,22)(H,21,23). The van der Waals surface area contributed by atoms with Gasteiger partial charge in [0.2, 0.25) is 0 Å². The maximum atomic E-state index is 12.5. The van der Waals surface area contributed by atoms with Gasteiger partial charge in [-0.1, -0.05) is 48.6 Å². The molecule has 0 radical (unpaired) electrons. The number of thiazole rings is 1. The molecule has 3 rings (SSSR count). The summed E-state index contributed by atoms with van der Waals surface area (Å²) in [7, 11) is -3.74. The van der Waals surface area contributed by atoms with Gasteiger partial charge < -0.3 is 5.32 Å². The number of amides is 1. The van der Waals surface area contributed by atoms with Crippen LogP contribution < -0.4 is 10.0 Å². The van der Waals surface area contributed by atoms with Gasteiger partial charge in [0.15, 0.2) is 5.13 Å². The smallest absolute Gasteiger partial charge is 0.267 e. The normalized spacial score (nSPS) is 11.2. The Labute approximate surface area is 162 Å². The Kier molecular flexibility index (Phi) is 5.57. The number of hydrogen-bond acceptors (Lipinski definition) is 5. The summed E-state index contributed by atoms with van der Waals surface area (Å²) < 4.78 is 27.2. The van der Waals surface area contributed by atoms with Crippen LogP contribution in [0.4, 0.5) is 10.8 Å². The van der Waals surface area contributed by atoms with Crippen LogP contribution in [0.25, 0.3) is 0 Å². The van der Waals surface area contributed by atoms with E-state index in [0.29, 0.717) is 16.3 Å². The first-order valence-corrected chi connectivity index (χ1v) is 10.6. The molecule has 3 aromatic rings. The molecular formula is C19H19N3O3S2. The number of aromatic nitrogens is 1. The van der Waals surface area contributed by atoms with Crippen LogP contribution in [-0.4, -0.2) is 19.3 Å². The summed E-state index contributed by atoms with van der Waals surface area (Å²) in [6.07, 6.45) is 0.924. The molecule has 0 unspecified atom stereocenters. The maximum absolute atomic E-state index is 12.5. The number of sulfonamides is 1. The minimum Gasteiger partial charge on any atom is -0.321 e. The van der Waals surface area contributed by atoms with Gasteiger partial charge in [-0.25, -0.2) is 13.4 Å². The number of anilines is 2. The molecule has 0 fully saturated rings. The zero-order valence-corrected chi connectivity index (χ0v) is 16.5. The van der Waals surface area contributed by atoms with Crippen molar-refractivity contribution in [2.45, 2.75) is 25.2 Å². The van der Waals surface area contributed by atoms with E-state index in [1.165, 1.54) is 17.7 Å². The molecule has 0 bridgehead atoms. The molecular weight excluding hydrogens is 382 g/mol. The lowest BCUT2D eigenvalue weighted by molar-refractivity contribution is 0.103. The van der Waals surface area contributed by atoms with Gasteiger partial charge in [-0.05, 0) is 43.2 Å². The molecule has 140 valence electrons. The van der Waals surface area contributed by atoms with E-state index in [9.17, 15) is 13.2 Å². The van der Waals surface area contributed by atoms with E-state index in [-0.39, 0.29) is 15.9 Å². The third-order valence-corrected chi connectivity index (χ3v) is 6.45. The number of benzene rings is 2. The van der Waals surface area contributed by atoms with E-state index in [4.69, 9.17) is 0 Å². The van der Waals surface area contributed by atoms with Crippen LogP contribution in [-0.2, 0) is 16.4 Å². The lowest BCUT2D eigenvalue weighted by Gasteiger charge is -2.05. The summed E-state index contributed by atoms with van der Waals surface area (Å²) in [4.78, 5) is 17.2. The van der Waals surface area contributed by atoms with Gasteiger partial charge in [-0.2, -0.15) is 0 Å². The molecule has 1 amide bonds. The highest BCUT2D eigenvalue weighted by Crippen LogP contribution is 2.26. The average Bonchev–Trinajstić information content (AvgIpc) is 3.02. The molecule has 0 aliphatic heterocycles. The summed E-state index contributed by atoms with van der Waals surface area (Å²) in [6, 6.07) is 15.6. The van der Waals surface area contributed by atoms with E-state index >= 15 is 0 Å². The Balaban J connectivity index is 1.76. The number of hydrogen-bond donors (Lipinski definition) is 2. The second kappa shape index (κ2) is 7.89. The fourth-order valence-electron chi connectivity index (χ4n) is 2.44. The topological polar surface area (TPSA) is 88.2 Å². The highest BCUT2D eigenvalue weighted by Gasteiger charge is 2.20. The Morgan fingerprint density at radius 3 is 2.37 bits per heavy atom. The van der Waals surface area contributed by atoms with Gasteiger partial charge in [-0.15, -0.1) is 0 Å². The number of carbonyl (C=O) groups is 1. The molecule has 2 aromatic carbocycles. The number of aryl methyl sites for hydroxylation is 2. The van der Waals surface area contributed by atoms with Crippen LogP contribution >= 0.6 is 11.3 Å². The number of nitrogens with zero attached hydrogens (tertiary/aromatic N) is 1. The number of nitrogens with one attached hydrogen (secondary N) is 2. The number of rotatable bonds is 6. The SMILES string of the molecule is CCc1ccc(NC(=O)c2sc(NS(=O)(=O)c3ccccc3)nc2C)cc1. The predicted octanol–water partition coefficient (Wildman–Crippen LogP) is 4.07. The van der Waals surface area contributed by atoms with E-state index in [1.807, 2.05) is 24.3 Å². The van der Waals surface area contributed by atoms with Crippen molar-refractivity contribution in [1.29, 1.82) is 0 Å². The van der Waals surface area contributed by atoms with Crippen LogP contribution in [0.5, 0.6) is 0 Å². The predicted molar refractivity (Wildman–Crippen MR) is 108 cm³/mol. The van der Waals surface area contributed by atoms with Gasteiger partial charge >= 0.3 is 0 Å². The molecule has 0 saturated carbocycles. The second-order valence-corrected chi connectivity index (χ2v) is 8.54. The van der Waals surface area contributed by atoms with E-state index in [1.54, 1.807) is 25.1 Å². The van der Waals surface area contributed by atoms with Crippen molar-refractivity contribution in [2.75, 3.05) is 10.0 Å². The molecule has 0 atom stereocenters. The summed E-state index contributed by atoms with van der Waals surface area (Å²) >= 11 is 1.00. The van der Waals surface area contributed by atoms with E-state index in [2.05, 4.69) is 21.9 Å². The lowest BCUT2D eigenvalue weighted by atomic mass is 10.1. The lowest BCUT2D eigenvalue weighted by Crippen LogP contribution is -2.12. The zero-order valence-electron chi connectivity index (χ0n) is 14.9. The Bertz CT molecular complexity index is 1040. The van der Waals surface area contributed by atoms with Crippen LogP contribution in [0.2, 0.25) is 0 Å². The molecule has 8 heteroatoms. The van der Waals surface area contributed by atoms with Crippen LogP contribution in [0.15, 0.2) is 59.5 Å². The molecule has 27 heavy (non-hydrogen) atoms. The number of carbonyl (C=O) groups excluding carboxylic acids is 1. The fraction of sp³-hybridized carbons (Fsp3) is 0.158. The van der Waals surface area contributed by atoms with Crippen molar-refractivity contribution in [3.8, 4) is 0 Å². The minimum absolute atomic E-state index is 0.139. The highest BCUT2D eigenvalue weighted by atomic mass is 32.2. The van der Waals surface area contributed by atoms with Crippen molar-refractivity contribution in [2.24, 2.45) is 0 Å². The largest absolute Gasteiger partial charge is 0.321 e. The molecule has 0 aliphatic rings. The molecule has 1 heterocycles. The first kappa shape index (κ1) is 19.1. The first-order chi connectivity index (χ1) is 12.9.